The summed E-state index contributed by atoms with van der Waals surface area (Å²) in [5, 5.41) is 0. The summed E-state index contributed by atoms with van der Waals surface area (Å²) >= 11 is 0. The number of aldehydes is 1. The van der Waals surface area contributed by atoms with Crippen LogP contribution in [0.4, 0.5) is 17.6 Å². The molecule has 0 radical (unpaired) electrons. The van der Waals surface area contributed by atoms with Crippen LogP contribution in [-0.2, 0) is 6.18 Å². The minimum absolute atomic E-state index is 0.153. The normalized spacial score (nSPS) is 11.4. The Morgan fingerprint density at radius 1 is 1.00 bits per heavy atom. The van der Waals surface area contributed by atoms with Gasteiger partial charge in [-0.15, -0.1) is 0 Å². The second kappa shape index (κ2) is 4.79. The number of nitrogens with zero attached hydrogens (tertiary/aromatic N) is 1. The van der Waals surface area contributed by atoms with Crippen LogP contribution in [0.1, 0.15) is 16.1 Å². The lowest BCUT2D eigenvalue weighted by Crippen LogP contribution is -2.04. The molecule has 0 aliphatic heterocycles. The molecule has 2 rings (SSSR count). The number of pyridine rings is 1. The van der Waals surface area contributed by atoms with E-state index in [0.717, 1.165) is 18.2 Å². The molecule has 0 fully saturated rings. The molecular weight excluding hydrogens is 262 g/mol. The molecule has 0 spiro atoms. The van der Waals surface area contributed by atoms with Crippen LogP contribution < -0.4 is 0 Å². The number of hydrogen-bond acceptors (Lipinski definition) is 2. The Morgan fingerprint density at radius 3 is 2.16 bits per heavy atom. The maximum absolute atomic E-state index is 12.9. The Labute approximate surface area is 105 Å². The third-order valence-electron chi connectivity index (χ3n) is 2.53. The van der Waals surface area contributed by atoms with Crippen LogP contribution in [0.25, 0.3) is 11.1 Å². The van der Waals surface area contributed by atoms with E-state index < -0.39 is 17.7 Å². The average molecular weight is 269 g/mol. The van der Waals surface area contributed by atoms with Gasteiger partial charge in [-0.25, -0.2) is 4.98 Å². The van der Waals surface area contributed by atoms with Gasteiger partial charge in [-0.05, 0) is 29.8 Å². The molecule has 1 heterocycles. The Morgan fingerprint density at radius 2 is 1.63 bits per heavy atom. The first-order valence-electron chi connectivity index (χ1n) is 5.21. The zero-order valence-corrected chi connectivity index (χ0v) is 9.41. The lowest BCUT2D eigenvalue weighted by molar-refractivity contribution is -0.137. The Hall–Kier alpha value is -2.24. The van der Waals surface area contributed by atoms with Crippen LogP contribution in [0.3, 0.4) is 0 Å². The highest BCUT2D eigenvalue weighted by molar-refractivity contribution is 5.85. The van der Waals surface area contributed by atoms with E-state index in [4.69, 9.17) is 0 Å². The van der Waals surface area contributed by atoms with E-state index in [0.29, 0.717) is 11.8 Å². The van der Waals surface area contributed by atoms with Gasteiger partial charge in [0.05, 0.1) is 5.56 Å². The Balaban J connectivity index is 2.46. The fourth-order valence-corrected chi connectivity index (χ4v) is 1.62. The molecule has 0 aliphatic carbocycles. The van der Waals surface area contributed by atoms with Crippen LogP contribution in [0.2, 0.25) is 0 Å². The molecule has 0 unspecified atom stereocenters. The predicted octanol–water partition coefficient (Wildman–Crippen LogP) is 3.72. The van der Waals surface area contributed by atoms with E-state index in [-0.39, 0.29) is 11.3 Å². The smallest absolute Gasteiger partial charge is 0.296 e. The summed E-state index contributed by atoms with van der Waals surface area (Å²) in [5.41, 5.74) is -0.300. The fourth-order valence-electron chi connectivity index (χ4n) is 1.62. The first-order chi connectivity index (χ1) is 8.91. The number of rotatable bonds is 2. The molecule has 0 amide bonds. The van der Waals surface area contributed by atoms with Crippen LogP contribution in [0.5, 0.6) is 0 Å². The highest BCUT2D eigenvalue weighted by Gasteiger charge is 2.30. The molecule has 0 saturated carbocycles. The molecule has 6 heteroatoms. The van der Waals surface area contributed by atoms with Gasteiger partial charge in [0, 0.05) is 5.56 Å². The summed E-state index contributed by atoms with van der Waals surface area (Å²) in [7, 11) is 0. The topological polar surface area (TPSA) is 30.0 Å². The molecule has 0 aliphatic rings. The summed E-state index contributed by atoms with van der Waals surface area (Å²) < 4.78 is 50.1. The minimum Gasteiger partial charge on any atom is -0.296 e. The Bertz CT molecular complexity index is 605. The zero-order chi connectivity index (χ0) is 14.0. The highest BCUT2D eigenvalue weighted by atomic mass is 19.4. The predicted molar refractivity (Wildman–Crippen MR) is 60.0 cm³/mol. The molecule has 1 aromatic heterocycles. The largest absolute Gasteiger partial charge is 0.416 e. The van der Waals surface area contributed by atoms with E-state index >= 15 is 0 Å². The second-order valence-electron chi connectivity index (χ2n) is 3.76. The van der Waals surface area contributed by atoms with E-state index in [1.54, 1.807) is 0 Å². The average Bonchev–Trinajstić information content (AvgIpc) is 2.37. The highest BCUT2D eigenvalue weighted by Crippen LogP contribution is 2.31. The molecular formula is C13H7F4NO. The number of halogens is 4. The summed E-state index contributed by atoms with van der Waals surface area (Å²) in [5.74, 6) is -0.822. The molecule has 2 nitrogen and oxygen atoms in total. The van der Waals surface area contributed by atoms with Crippen LogP contribution >= 0.6 is 0 Å². The van der Waals surface area contributed by atoms with Crippen LogP contribution in [0.15, 0.2) is 36.4 Å². The fraction of sp³-hybridized carbons (Fsp3) is 0.0769. The minimum atomic E-state index is -4.42. The van der Waals surface area contributed by atoms with Gasteiger partial charge >= 0.3 is 6.18 Å². The maximum atomic E-state index is 12.9. The first kappa shape index (κ1) is 13.2. The van der Waals surface area contributed by atoms with Crippen molar-refractivity contribution in [2.24, 2.45) is 0 Å². The first-order valence-corrected chi connectivity index (χ1v) is 5.21. The Kier molecular flexibility index (Phi) is 3.33. The van der Waals surface area contributed by atoms with Crippen molar-refractivity contribution in [1.82, 2.24) is 4.98 Å². The van der Waals surface area contributed by atoms with Gasteiger partial charge in [0.2, 0.25) is 5.95 Å². The number of alkyl halides is 3. The molecule has 0 saturated heterocycles. The molecule has 19 heavy (non-hydrogen) atoms. The van der Waals surface area contributed by atoms with Crippen molar-refractivity contribution < 1.29 is 22.4 Å². The molecule has 2 aromatic rings. The number of carbonyl (C=O) groups excluding carboxylic acids is 1. The van der Waals surface area contributed by atoms with Gasteiger partial charge in [0.15, 0.2) is 6.29 Å². The van der Waals surface area contributed by atoms with E-state index in [9.17, 15) is 22.4 Å². The van der Waals surface area contributed by atoms with Gasteiger partial charge < -0.3 is 0 Å². The van der Waals surface area contributed by atoms with Crippen molar-refractivity contribution in [3.63, 3.8) is 0 Å². The molecule has 1 aromatic carbocycles. The SMILES string of the molecule is O=Cc1nc(F)ccc1-c1ccc(C(F)(F)F)cc1. The number of aromatic nitrogens is 1. The number of hydrogen-bond donors (Lipinski definition) is 0. The van der Waals surface area contributed by atoms with Crippen LogP contribution in [-0.4, -0.2) is 11.3 Å². The molecule has 0 bridgehead atoms. The molecule has 98 valence electrons. The van der Waals surface area contributed by atoms with Gasteiger partial charge in [0.1, 0.15) is 5.69 Å². The van der Waals surface area contributed by atoms with Crippen LogP contribution in [0, 0.1) is 5.95 Å². The summed E-state index contributed by atoms with van der Waals surface area (Å²) in [6.45, 7) is 0. The molecule has 0 N–H and O–H groups in total. The van der Waals surface area contributed by atoms with Gasteiger partial charge in [-0.2, -0.15) is 17.6 Å². The number of carbonyl (C=O) groups is 1. The van der Waals surface area contributed by atoms with E-state index in [1.165, 1.54) is 18.2 Å². The van der Waals surface area contributed by atoms with Gasteiger partial charge in [-0.3, -0.25) is 4.79 Å². The van der Waals surface area contributed by atoms with E-state index in [1.807, 2.05) is 0 Å². The maximum Gasteiger partial charge on any atom is 0.416 e. The van der Waals surface area contributed by atoms with Crippen molar-refractivity contribution in [3.8, 4) is 11.1 Å². The van der Waals surface area contributed by atoms with Gasteiger partial charge in [-0.1, -0.05) is 12.1 Å². The number of benzene rings is 1. The lowest BCUT2D eigenvalue weighted by atomic mass is 10.0. The van der Waals surface area contributed by atoms with Gasteiger partial charge in [0.25, 0.3) is 0 Å². The summed E-state index contributed by atoms with van der Waals surface area (Å²) in [6.07, 6.45) is -4.07. The lowest BCUT2D eigenvalue weighted by Gasteiger charge is -2.08. The molecule has 0 atom stereocenters. The summed E-state index contributed by atoms with van der Waals surface area (Å²) in [4.78, 5) is 14.2. The van der Waals surface area contributed by atoms with Crippen molar-refractivity contribution in [2.75, 3.05) is 0 Å². The zero-order valence-electron chi connectivity index (χ0n) is 9.41. The van der Waals surface area contributed by atoms with E-state index in [2.05, 4.69) is 4.98 Å². The third kappa shape index (κ3) is 2.78. The van der Waals surface area contributed by atoms with Crippen molar-refractivity contribution in [1.29, 1.82) is 0 Å². The standard InChI is InChI=1S/C13H7F4NO/c14-12-6-5-10(11(7-19)18-12)8-1-3-9(4-2-8)13(15,16)17/h1-7H. The quantitative estimate of drug-likeness (QED) is 0.472. The van der Waals surface area contributed by atoms with Crippen molar-refractivity contribution >= 4 is 6.29 Å². The van der Waals surface area contributed by atoms with Crippen molar-refractivity contribution in [2.45, 2.75) is 6.18 Å². The monoisotopic (exact) mass is 269 g/mol. The summed E-state index contributed by atoms with van der Waals surface area (Å²) in [6, 6.07) is 6.56. The van der Waals surface area contributed by atoms with Crippen molar-refractivity contribution in [3.05, 3.63) is 53.6 Å². The third-order valence-corrected chi connectivity index (χ3v) is 2.53. The second-order valence-corrected chi connectivity index (χ2v) is 3.76.